The van der Waals surface area contributed by atoms with E-state index in [-0.39, 0.29) is 5.91 Å². The number of fused-ring (bicyclic) bond motifs is 1. The molecular weight excluding hydrogens is 382 g/mol. The van der Waals surface area contributed by atoms with Crippen molar-refractivity contribution in [2.24, 2.45) is 5.92 Å². The van der Waals surface area contributed by atoms with Gasteiger partial charge in [-0.25, -0.2) is 9.97 Å². The molecule has 0 N–H and O–H groups in total. The largest absolute Gasteiger partial charge is 0.497 e. The summed E-state index contributed by atoms with van der Waals surface area (Å²) in [7, 11) is 5.61. The number of methoxy groups -OCH3 is 1. The first-order valence-corrected chi connectivity index (χ1v) is 10.2. The highest BCUT2D eigenvalue weighted by Crippen LogP contribution is 2.22. The van der Waals surface area contributed by atoms with Crippen LogP contribution in [0.2, 0.25) is 0 Å². The van der Waals surface area contributed by atoms with Crippen LogP contribution in [-0.4, -0.2) is 81.5 Å². The first-order chi connectivity index (χ1) is 14.5. The molecule has 158 valence electrons. The van der Waals surface area contributed by atoms with Crippen molar-refractivity contribution in [1.82, 2.24) is 34.8 Å². The van der Waals surface area contributed by atoms with Gasteiger partial charge < -0.3 is 14.5 Å². The van der Waals surface area contributed by atoms with Crippen molar-refractivity contribution in [3.8, 4) is 11.4 Å². The number of carbonyl (C=O) groups is 1. The lowest BCUT2D eigenvalue weighted by atomic mass is 10.0. The minimum absolute atomic E-state index is 0.226. The number of carbonyl (C=O) groups excluding carboxylic acids is 1. The van der Waals surface area contributed by atoms with E-state index in [1.807, 2.05) is 48.2 Å². The SMILES string of the molecule is COc1ccc(-n2nnc3cnc(C[C@@H]4CCN(C(=O)CCN(C)C)C4)nc32)cc1. The van der Waals surface area contributed by atoms with E-state index in [4.69, 9.17) is 9.72 Å². The monoisotopic (exact) mass is 409 g/mol. The van der Waals surface area contributed by atoms with Crippen LogP contribution in [-0.2, 0) is 11.2 Å². The third kappa shape index (κ3) is 4.40. The normalized spacial score (nSPS) is 16.5. The summed E-state index contributed by atoms with van der Waals surface area (Å²) in [6, 6.07) is 7.60. The van der Waals surface area contributed by atoms with E-state index in [9.17, 15) is 4.79 Å². The van der Waals surface area contributed by atoms with Gasteiger partial charge >= 0.3 is 0 Å². The van der Waals surface area contributed by atoms with E-state index in [1.165, 1.54) is 0 Å². The molecule has 2 aromatic heterocycles. The summed E-state index contributed by atoms with van der Waals surface area (Å²) in [6.07, 6.45) is 4.00. The third-order valence-electron chi connectivity index (χ3n) is 5.44. The minimum atomic E-state index is 0.226. The van der Waals surface area contributed by atoms with Crippen molar-refractivity contribution in [1.29, 1.82) is 0 Å². The Bertz CT molecular complexity index is 1020. The molecule has 9 nitrogen and oxygen atoms in total. The van der Waals surface area contributed by atoms with Crippen molar-refractivity contribution in [3.63, 3.8) is 0 Å². The molecule has 1 aliphatic rings. The van der Waals surface area contributed by atoms with Gasteiger partial charge in [-0.2, -0.15) is 4.68 Å². The van der Waals surface area contributed by atoms with Crippen molar-refractivity contribution in [2.75, 3.05) is 40.8 Å². The highest BCUT2D eigenvalue weighted by atomic mass is 16.5. The summed E-state index contributed by atoms with van der Waals surface area (Å²) in [5.41, 5.74) is 2.20. The molecule has 0 saturated carbocycles. The molecule has 1 saturated heterocycles. The van der Waals surface area contributed by atoms with Crippen molar-refractivity contribution < 1.29 is 9.53 Å². The molecule has 0 unspecified atom stereocenters. The molecule has 0 spiro atoms. The van der Waals surface area contributed by atoms with Gasteiger partial charge in [0.15, 0.2) is 11.2 Å². The number of likely N-dealkylation sites (tertiary alicyclic amines) is 1. The Labute approximate surface area is 175 Å². The fourth-order valence-corrected chi connectivity index (χ4v) is 3.72. The molecule has 30 heavy (non-hydrogen) atoms. The maximum absolute atomic E-state index is 12.4. The zero-order valence-corrected chi connectivity index (χ0v) is 17.7. The lowest BCUT2D eigenvalue weighted by Crippen LogP contribution is -2.31. The van der Waals surface area contributed by atoms with Crippen molar-refractivity contribution in [3.05, 3.63) is 36.3 Å². The Kier molecular flexibility index (Phi) is 5.89. The molecule has 1 amide bonds. The fraction of sp³-hybridized carbons (Fsp3) is 0.476. The van der Waals surface area contributed by atoms with Gasteiger partial charge in [0.25, 0.3) is 0 Å². The van der Waals surface area contributed by atoms with Crippen LogP contribution < -0.4 is 4.74 Å². The molecule has 0 aliphatic carbocycles. The lowest BCUT2D eigenvalue weighted by Gasteiger charge is -2.18. The number of nitrogens with zero attached hydrogens (tertiary/aromatic N) is 7. The van der Waals surface area contributed by atoms with Gasteiger partial charge in [-0.1, -0.05) is 5.21 Å². The first-order valence-electron chi connectivity index (χ1n) is 10.2. The number of hydrogen-bond donors (Lipinski definition) is 0. The standard InChI is InChI=1S/C21H27N7O2/c1-26(2)10-9-20(29)27-11-8-15(14-27)12-19-22-13-18-21(23-19)28(25-24-18)16-4-6-17(30-3)7-5-16/h4-7,13,15H,8-12,14H2,1-3H3/t15-/m0/s1. The summed E-state index contributed by atoms with van der Waals surface area (Å²) in [5.74, 6) is 2.14. The van der Waals surface area contributed by atoms with Crippen LogP contribution in [0.15, 0.2) is 30.5 Å². The van der Waals surface area contributed by atoms with Gasteiger partial charge in [0.1, 0.15) is 11.6 Å². The fourth-order valence-electron chi connectivity index (χ4n) is 3.72. The Morgan fingerprint density at radius 1 is 1.27 bits per heavy atom. The van der Waals surface area contributed by atoms with Crippen molar-refractivity contribution >= 4 is 17.1 Å². The highest BCUT2D eigenvalue weighted by molar-refractivity contribution is 5.76. The molecular formula is C21H27N7O2. The average Bonchev–Trinajstić information content (AvgIpc) is 3.39. The minimum Gasteiger partial charge on any atom is -0.497 e. The summed E-state index contributed by atoms with van der Waals surface area (Å²) in [4.78, 5) is 25.6. The quantitative estimate of drug-likeness (QED) is 0.585. The molecule has 1 atom stereocenters. The molecule has 0 bridgehead atoms. The van der Waals surface area contributed by atoms with Crippen LogP contribution >= 0.6 is 0 Å². The van der Waals surface area contributed by atoms with Gasteiger partial charge in [-0.3, -0.25) is 4.79 Å². The van der Waals surface area contributed by atoms with Crippen molar-refractivity contribution in [2.45, 2.75) is 19.3 Å². The summed E-state index contributed by atoms with van der Waals surface area (Å²) in [5, 5.41) is 8.41. The number of benzene rings is 1. The Morgan fingerprint density at radius 3 is 2.80 bits per heavy atom. The zero-order valence-electron chi connectivity index (χ0n) is 17.7. The van der Waals surface area contributed by atoms with E-state index in [1.54, 1.807) is 18.0 Å². The van der Waals surface area contributed by atoms with Crippen LogP contribution in [0.4, 0.5) is 0 Å². The van der Waals surface area contributed by atoms with Crippen LogP contribution in [0.1, 0.15) is 18.7 Å². The van der Waals surface area contributed by atoms with Gasteiger partial charge in [0.2, 0.25) is 5.91 Å². The number of ether oxygens (including phenoxy) is 1. The van der Waals surface area contributed by atoms with E-state index in [0.29, 0.717) is 23.5 Å². The van der Waals surface area contributed by atoms with E-state index >= 15 is 0 Å². The smallest absolute Gasteiger partial charge is 0.223 e. The van der Waals surface area contributed by atoms with E-state index in [2.05, 4.69) is 15.3 Å². The molecule has 3 aromatic rings. The molecule has 1 aliphatic heterocycles. The van der Waals surface area contributed by atoms with Gasteiger partial charge in [0.05, 0.1) is 19.0 Å². The summed E-state index contributed by atoms with van der Waals surface area (Å²) < 4.78 is 6.93. The topological polar surface area (TPSA) is 89.3 Å². The molecule has 1 fully saturated rings. The van der Waals surface area contributed by atoms with E-state index in [0.717, 1.165) is 49.7 Å². The molecule has 9 heteroatoms. The second-order valence-electron chi connectivity index (χ2n) is 7.95. The second-order valence-corrected chi connectivity index (χ2v) is 7.95. The second kappa shape index (κ2) is 8.74. The number of hydrogen-bond acceptors (Lipinski definition) is 7. The van der Waals surface area contributed by atoms with Gasteiger partial charge in [0, 0.05) is 32.5 Å². The predicted octanol–water partition coefficient (Wildman–Crippen LogP) is 1.56. The maximum atomic E-state index is 12.4. The predicted molar refractivity (Wildman–Crippen MR) is 113 cm³/mol. The maximum Gasteiger partial charge on any atom is 0.223 e. The van der Waals surface area contributed by atoms with Crippen LogP contribution in [0, 0.1) is 5.92 Å². The van der Waals surface area contributed by atoms with Gasteiger partial charge in [-0.05, 0) is 50.7 Å². The van der Waals surface area contributed by atoms with Crippen LogP contribution in [0.3, 0.4) is 0 Å². The molecule has 1 aromatic carbocycles. The third-order valence-corrected chi connectivity index (χ3v) is 5.44. The lowest BCUT2D eigenvalue weighted by molar-refractivity contribution is -0.130. The summed E-state index contributed by atoms with van der Waals surface area (Å²) in [6.45, 7) is 2.36. The highest BCUT2D eigenvalue weighted by Gasteiger charge is 2.27. The molecule has 3 heterocycles. The molecule has 4 rings (SSSR count). The van der Waals surface area contributed by atoms with Gasteiger partial charge in [-0.15, -0.1) is 5.10 Å². The summed E-state index contributed by atoms with van der Waals surface area (Å²) >= 11 is 0. The number of rotatable bonds is 7. The van der Waals surface area contributed by atoms with Crippen LogP contribution in [0.5, 0.6) is 5.75 Å². The van der Waals surface area contributed by atoms with E-state index < -0.39 is 0 Å². The Morgan fingerprint density at radius 2 is 2.07 bits per heavy atom. The molecule has 0 radical (unpaired) electrons. The number of amides is 1. The number of aromatic nitrogens is 5. The first kappa shape index (κ1) is 20.2. The zero-order chi connectivity index (χ0) is 21.1. The Balaban J connectivity index is 1.46. The van der Waals surface area contributed by atoms with Crippen LogP contribution in [0.25, 0.3) is 16.9 Å². The average molecular weight is 409 g/mol. The Hall–Kier alpha value is -3.07.